The molecule has 1 fully saturated rings. The number of methoxy groups -OCH3 is 1. The number of nitrogens with one attached hydrogen (secondary N) is 1. The summed E-state index contributed by atoms with van der Waals surface area (Å²) in [5.74, 6) is -0.540. The minimum atomic E-state index is -0.759. The quantitative estimate of drug-likeness (QED) is 0.641. The maximum Gasteiger partial charge on any atom is 0.330 e. The topological polar surface area (TPSA) is 120 Å². The van der Waals surface area contributed by atoms with Crippen LogP contribution in [-0.2, 0) is 16.0 Å². The summed E-state index contributed by atoms with van der Waals surface area (Å²) in [5, 5.41) is 0. The van der Waals surface area contributed by atoms with Gasteiger partial charge in [0.2, 0.25) is 0 Å². The average molecular weight is 340 g/mol. The first kappa shape index (κ1) is 18.4. The summed E-state index contributed by atoms with van der Waals surface area (Å²) in [5.41, 5.74) is 4.32. The molecule has 1 saturated heterocycles. The lowest BCUT2D eigenvalue weighted by Crippen LogP contribution is -2.48. The highest BCUT2D eigenvalue weighted by molar-refractivity contribution is 6.01. The molecule has 0 radical (unpaired) electrons. The minimum Gasteiger partial charge on any atom is -0.384 e. The van der Waals surface area contributed by atoms with E-state index in [0.717, 1.165) is 4.57 Å². The Morgan fingerprint density at radius 1 is 1.33 bits per heavy atom. The summed E-state index contributed by atoms with van der Waals surface area (Å²) in [7, 11) is 1.49. The van der Waals surface area contributed by atoms with Crippen molar-refractivity contribution in [2.24, 2.45) is 0 Å². The van der Waals surface area contributed by atoms with Gasteiger partial charge in [0.05, 0.1) is 31.9 Å². The molecule has 9 nitrogen and oxygen atoms in total. The van der Waals surface area contributed by atoms with Crippen molar-refractivity contribution in [2.45, 2.75) is 32.6 Å². The zero-order valence-corrected chi connectivity index (χ0v) is 14.2. The van der Waals surface area contributed by atoms with Gasteiger partial charge in [-0.05, 0) is 13.8 Å². The van der Waals surface area contributed by atoms with Crippen LogP contribution >= 0.6 is 0 Å². The molecule has 1 aromatic heterocycles. The highest BCUT2D eigenvalue weighted by Crippen LogP contribution is 2.12. The predicted molar refractivity (Wildman–Crippen MR) is 88.4 cm³/mol. The number of Topliss-reactive ketones (excluding diaryl/α,β-unsaturated/α-hetero) is 1. The Hall–Kier alpha value is -1.97. The van der Waals surface area contributed by atoms with Gasteiger partial charge in [-0.25, -0.2) is 4.79 Å². The SMILES string of the molecule is COCCn1c(N)c(C(=O)CN2C[C@H](C)O[C@@H](C)C2)c(=O)[nH]c1=O. The van der Waals surface area contributed by atoms with Gasteiger partial charge in [-0.2, -0.15) is 0 Å². The molecule has 0 bridgehead atoms. The Morgan fingerprint density at radius 2 is 1.96 bits per heavy atom. The van der Waals surface area contributed by atoms with Crippen molar-refractivity contribution < 1.29 is 14.3 Å². The summed E-state index contributed by atoms with van der Waals surface area (Å²) >= 11 is 0. The van der Waals surface area contributed by atoms with Crippen LogP contribution in [0.4, 0.5) is 5.82 Å². The Bertz CT molecular complexity index is 701. The number of carbonyl (C=O) groups excluding carboxylic acids is 1. The number of nitrogen functional groups attached to an aromatic ring is 1. The Kier molecular flexibility index (Phi) is 5.92. The number of nitrogens with two attached hydrogens (primary N) is 1. The zero-order valence-electron chi connectivity index (χ0n) is 14.2. The number of aromatic nitrogens is 2. The molecule has 2 atom stereocenters. The average Bonchev–Trinajstić information content (AvgIpc) is 2.45. The summed E-state index contributed by atoms with van der Waals surface area (Å²) in [4.78, 5) is 40.5. The van der Waals surface area contributed by atoms with Gasteiger partial charge in [0.15, 0.2) is 5.78 Å². The maximum absolute atomic E-state index is 12.6. The first-order valence-corrected chi connectivity index (χ1v) is 7.86. The molecule has 9 heteroatoms. The molecule has 0 saturated carbocycles. The smallest absolute Gasteiger partial charge is 0.330 e. The standard InChI is InChI=1S/C15H24N4O5/c1-9-6-18(7-10(2)24-9)8-11(20)12-13(16)19(4-5-23-3)15(22)17-14(12)21/h9-10H,4-8,16H2,1-3H3,(H,17,21,22)/t9-,10-/m0/s1. The lowest BCUT2D eigenvalue weighted by atomic mass is 10.1. The van der Waals surface area contributed by atoms with Crippen LogP contribution < -0.4 is 17.0 Å². The lowest BCUT2D eigenvalue weighted by molar-refractivity contribution is -0.0652. The highest BCUT2D eigenvalue weighted by atomic mass is 16.5. The van der Waals surface area contributed by atoms with Gasteiger partial charge in [-0.15, -0.1) is 0 Å². The number of ether oxygens (including phenoxy) is 2. The summed E-state index contributed by atoms with van der Waals surface area (Å²) < 4.78 is 11.7. The van der Waals surface area contributed by atoms with Crippen LogP contribution in [-0.4, -0.2) is 65.8 Å². The van der Waals surface area contributed by atoms with Crippen molar-refractivity contribution in [1.29, 1.82) is 0 Å². The molecule has 24 heavy (non-hydrogen) atoms. The molecule has 1 aromatic rings. The second-order valence-corrected chi connectivity index (χ2v) is 6.04. The number of anilines is 1. The largest absolute Gasteiger partial charge is 0.384 e. The minimum absolute atomic E-state index is 0.00726. The van der Waals surface area contributed by atoms with Crippen molar-refractivity contribution in [2.75, 3.05) is 39.1 Å². The van der Waals surface area contributed by atoms with E-state index in [1.807, 2.05) is 18.7 Å². The molecule has 2 heterocycles. The van der Waals surface area contributed by atoms with Crippen LogP contribution in [0.5, 0.6) is 0 Å². The number of morpholine rings is 1. The van der Waals surface area contributed by atoms with Gasteiger partial charge in [-0.1, -0.05) is 0 Å². The van der Waals surface area contributed by atoms with E-state index in [2.05, 4.69) is 4.98 Å². The van der Waals surface area contributed by atoms with Gasteiger partial charge in [0.25, 0.3) is 5.56 Å². The van der Waals surface area contributed by atoms with Crippen LogP contribution in [0.3, 0.4) is 0 Å². The third kappa shape index (κ3) is 4.11. The van der Waals surface area contributed by atoms with E-state index in [9.17, 15) is 14.4 Å². The fourth-order valence-electron chi connectivity index (χ4n) is 2.96. The molecule has 1 aliphatic heterocycles. The van der Waals surface area contributed by atoms with Crippen molar-refractivity contribution in [3.8, 4) is 0 Å². The van der Waals surface area contributed by atoms with E-state index >= 15 is 0 Å². The monoisotopic (exact) mass is 340 g/mol. The van der Waals surface area contributed by atoms with E-state index in [4.69, 9.17) is 15.2 Å². The van der Waals surface area contributed by atoms with Crippen molar-refractivity contribution in [3.63, 3.8) is 0 Å². The van der Waals surface area contributed by atoms with Gasteiger partial charge in [-0.3, -0.25) is 24.0 Å². The second kappa shape index (κ2) is 7.73. The molecule has 2 rings (SSSR count). The van der Waals surface area contributed by atoms with Crippen molar-refractivity contribution in [1.82, 2.24) is 14.5 Å². The molecule has 0 aromatic carbocycles. The summed E-state index contributed by atoms with van der Waals surface area (Å²) in [6.45, 7) is 5.49. The molecule has 3 N–H and O–H groups in total. The Balaban J connectivity index is 2.25. The van der Waals surface area contributed by atoms with E-state index < -0.39 is 17.0 Å². The first-order valence-electron chi connectivity index (χ1n) is 7.86. The number of hydrogen-bond donors (Lipinski definition) is 2. The Labute approximate surface area is 139 Å². The van der Waals surface area contributed by atoms with Crippen LogP contribution in [0.25, 0.3) is 0 Å². The number of H-pyrrole nitrogens is 1. The summed E-state index contributed by atoms with van der Waals surface area (Å²) in [6.07, 6.45) is 0.0145. The third-order valence-corrected chi connectivity index (χ3v) is 3.90. The van der Waals surface area contributed by atoms with Crippen LogP contribution in [0.1, 0.15) is 24.2 Å². The Morgan fingerprint density at radius 3 is 2.54 bits per heavy atom. The summed E-state index contributed by atoms with van der Waals surface area (Å²) in [6, 6.07) is 0. The van der Waals surface area contributed by atoms with Crippen molar-refractivity contribution in [3.05, 3.63) is 26.4 Å². The number of ketones is 1. The predicted octanol–water partition coefficient (Wildman–Crippen LogP) is -0.943. The number of hydrogen-bond acceptors (Lipinski definition) is 7. The third-order valence-electron chi connectivity index (χ3n) is 3.90. The zero-order chi connectivity index (χ0) is 17.9. The second-order valence-electron chi connectivity index (χ2n) is 6.04. The molecule has 0 spiro atoms. The lowest BCUT2D eigenvalue weighted by Gasteiger charge is -2.34. The van der Waals surface area contributed by atoms with Gasteiger partial charge in [0.1, 0.15) is 11.4 Å². The number of rotatable bonds is 6. The number of nitrogens with zero attached hydrogens (tertiary/aromatic N) is 2. The molecular formula is C15H24N4O5. The molecular weight excluding hydrogens is 316 g/mol. The molecule has 134 valence electrons. The molecule has 0 aliphatic carbocycles. The molecule has 0 unspecified atom stereocenters. The highest BCUT2D eigenvalue weighted by Gasteiger charge is 2.26. The van der Waals surface area contributed by atoms with E-state index in [1.54, 1.807) is 0 Å². The van der Waals surface area contributed by atoms with E-state index in [0.29, 0.717) is 13.1 Å². The van der Waals surface area contributed by atoms with Crippen LogP contribution in [0, 0.1) is 0 Å². The molecule has 0 amide bonds. The van der Waals surface area contributed by atoms with Crippen LogP contribution in [0.15, 0.2) is 9.59 Å². The number of carbonyl (C=O) groups is 1. The van der Waals surface area contributed by atoms with Gasteiger partial charge < -0.3 is 15.2 Å². The molecule has 1 aliphatic rings. The fraction of sp³-hybridized carbons (Fsp3) is 0.667. The van der Waals surface area contributed by atoms with Crippen molar-refractivity contribution >= 4 is 11.6 Å². The normalized spacial score (nSPS) is 21.8. The fourth-order valence-corrected chi connectivity index (χ4v) is 2.96. The van der Waals surface area contributed by atoms with E-state index in [-0.39, 0.29) is 43.3 Å². The number of aromatic amines is 1. The van der Waals surface area contributed by atoms with Crippen LogP contribution in [0.2, 0.25) is 0 Å². The van der Waals surface area contributed by atoms with E-state index in [1.165, 1.54) is 7.11 Å². The first-order chi connectivity index (χ1) is 11.3. The van der Waals surface area contributed by atoms with Gasteiger partial charge >= 0.3 is 5.69 Å². The van der Waals surface area contributed by atoms with Gasteiger partial charge in [0, 0.05) is 20.2 Å². The maximum atomic E-state index is 12.6.